The van der Waals surface area contributed by atoms with Gasteiger partial charge in [-0.25, -0.2) is 4.98 Å². The minimum atomic E-state index is 0.414. The fourth-order valence-corrected chi connectivity index (χ4v) is 1.45. The molecule has 2 aromatic rings. The molecule has 0 fully saturated rings. The highest BCUT2D eigenvalue weighted by Gasteiger charge is 2.08. The summed E-state index contributed by atoms with van der Waals surface area (Å²) < 4.78 is 0. The van der Waals surface area contributed by atoms with E-state index in [0.29, 0.717) is 15.8 Å². The Labute approximate surface area is 78.7 Å². The molecule has 0 aliphatic heterocycles. The summed E-state index contributed by atoms with van der Waals surface area (Å²) in [4.78, 5) is 4.06. The molecule has 1 N–H and O–H groups in total. The Morgan fingerprint density at radius 3 is 2.92 bits per heavy atom. The first-order valence-corrected chi connectivity index (χ1v) is 4.10. The molecule has 2 rings (SSSR count). The molecule has 2 heterocycles. The van der Waals surface area contributed by atoms with E-state index in [4.69, 9.17) is 23.2 Å². The van der Waals surface area contributed by atoms with Crippen molar-refractivity contribution in [1.82, 2.24) is 15.2 Å². The highest BCUT2D eigenvalue weighted by atomic mass is 35.5. The Kier molecular flexibility index (Phi) is 1.70. The first-order chi connectivity index (χ1) is 5.70. The second-order valence-electron chi connectivity index (χ2n) is 2.47. The highest BCUT2D eigenvalue weighted by Crippen LogP contribution is 2.28. The smallest absolute Gasteiger partial charge is 0.158 e. The summed E-state index contributed by atoms with van der Waals surface area (Å²) in [6, 6.07) is 0. The maximum Gasteiger partial charge on any atom is 0.158 e. The molecule has 12 heavy (non-hydrogen) atoms. The van der Waals surface area contributed by atoms with Crippen LogP contribution in [0.3, 0.4) is 0 Å². The molecular formula is C7H5Cl2N3. The minimum absolute atomic E-state index is 0.414. The van der Waals surface area contributed by atoms with Crippen LogP contribution >= 0.6 is 23.2 Å². The number of pyridine rings is 1. The summed E-state index contributed by atoms with van der Waals surface area (Å²) in [6.07, 6.45) is 1.63. The van der Waals surface area contributed by atoms with E-state index in [1.165, 1.54) is 0 Å². The Morgan fingerprint density at radius 2 is 2.17 bits per heavy atom. The van der Waals surface area contributed by atoms with Gasteiger partial charge in [0.2, 0.25) is 0 Å². The van der Waals surface area contributed by atoms with Crippen molar-refractivity contribution in [3.63, 3.8) is 0 Å². The predicted octanol–water partition coefficient (Wildman–Crippen LogP) is 2.57. The molecule has 0 bridgehead atoms. The van der Waals surface area contributed by atoms with Gasteiger partial charge in [0, 0.05) is 5.56 Å². The van der Waals surface area contributed by atoms with Crippen LogP contribution in [0.15, 0.2) is 6.20 Å². The number of aromatic nitrogens is 3. The zero-order valence-corrected chi connectivity index (χ0v) is 7.74. The van der Waals surface area contributed by atoms with E-state index in [2.05, 4.69) is 15.2 Å². The fourth-order valence-electron chi connectivity index (χ4n) is 1.000. The third-order valence-electron chi connectivity index (χ3n) is 1.70. The van der Waals surface area contributed by atoms with Crippen LogP contribution in [0, 0.1) is 6.92 Å². The van der Waals surface area contributed by atoms with Crippen molar-refractivity contribution in [2.24, 2.45) is 0 Å². The average molecular weight is 202 g/mol. The SMILES string of the molecule is Cc1c(Cl)nc2[nH]ncc2c1Cl. The predicted molar refractivity (Wildman–Crippen MR) is 48.6 cm³/mol. The number of nitrogens with zero attached hydrogens (tertiary/aromatic N) is 2. The topological polar surface area (TPSA) is 41.6 Å². The molecule has 0 saturated heterocycles. The molecule has 3 nitrogen and oxygen atoms in total. The van der Waals surface area contributed by atoms with E-state index in [1.54, 1.807) is 6.20 Å². The normalized spacial score (nSPS) is 10.9. The van der Waals surface area contributed by atoms with Gasteiger partial charge in [0.1, 0.15) is 5.15 Å². The van der Waals surface area contributed by atoms with Crippen LogP contribution in [0.4, 0.5) is 0 Å². The van der Waals surface area contributed by atoms with Crippen LogP contribution in [0.1, 0.15) is 5.56 Å². The molecule has 0 aliphatic rings. The van der Waals surface area contributed by atoms with Gasteiger partial charge < -0.3 is 0 Å². The molecule has 0 unspecified atom stereocenters. The van der Waals surface area contributed by atoms with Gasteiger partial charge in [0.25, 0.3) is 0 Å². The molecule has 0 aliphatic carbocycles. The van der Waals surface area contributed by atoms with Gasteiger partial charge >= 0.3 is 0 Å². The standard InChI is InChI=1S/C7H5Cl2N3/c1-3-5(8)4-2-10-12-7(4)11-6(3)9/h2H,1H3,(H,10,11,12). The van der Waals surface area contributed by atoms with E-state index in [1.807, 2.05) is 6.92 Å². The van der Waals surface area contributed by atoms with E-state index in [9.17, 15) is 0 Å². The van der Waals surface area contributed by atoms with Crippen LogP contribution in [-0.2, 0) is 0 Å². The van der Waals surface area contributed by atoms with Crippen LogP contribution in [-0.4, -0.2) is 15.2 Å². The van der Waals surface area contributed by atoms with Crippen molar-refractivity contribution in [1.29, 1.82) is 0 Å². The van der Waals surface area contributed by atoms with Crippen molar-refractivity contribution in [3.05, 3.63) is 21.9 Å². The lowest BCUT2D eigenvalue weighted by molar-refractivity contribution is 1.10. The van der Waals surface area contributed by atoms with E-state index < -0.39 is 0 Å². The molecular weight excluding hydrogens is 197 g/mol. The number of hydrogen-bond donors (Lipinski definition) is 1. The van der Waals surface area contributed by atoms with E-state index in [0.717, 1.165) is 10.9 Å². The van der Waals surface area contributed by atoms with Crippen molar-refractivity contribution >= 4 is 34.2 Å². The Bertz CT molecular complexity index is 435. The highest BCUT2D eigenvalue weighted by molar-refractivity contribution is 6.38. The van der Waals surface area contributed by atoms with E-state index >= 15 is 0 Å². The lowest BCUT2D eigenvalue weighted by atomic mass is 10.2. The second-order valence-corrected chi connectivity index (χ2v) is 3.21. The number of hydrogen-bond acceptors (Lipinski definition) is 2. The van der Waals surface area contributed by atoms with Gasteiger partial charge in [-0.3, -0.25) is 5.10 Å². The largest absolute Gasteiger partial charge is 0.261 e. The molecule has 0 atom stereocenters. The summed E-state index contributed by atoms with van der Waals surface area (Å²) in [7, 11) is 0. The molecule has 0 radical (unpaired) electrons. The third kappa shape index (κ3) is 0.974. The maximum atomic E-state index is 5.99. The average Bonchev–Trinajstić information content (AvgIpc) is 2.48. The number of H-pyrrole nitrogens is 1. The number of aromatic amines is 1. The van der Waals surface area contributed by atoms with Gasteiger partial charge in [-0.05, 0) is 6.92 Å². The fraction of sp³-hybridized carbons (Fsp3) is 0.143. The Balaban J connectivity index is 2.94. The van der Waals surface area contributed by atoms with Crippen LogP contribution in [0.2, 0.25) is 10.2 Å². The Morgan fingerprint density at radius 1 is 1.42 bits per heavy atom. The molecule has 5 heteroatoms. The van der Waals surface area contributed by atoms with Gasteiger partial charge in [0.05, 0.1) is 16.6 Å². The second kappa shape index (κ2) is 2.61. The van der Waals surface area contributed by atoms with Crippen LogP contribution in [0.5, 0.6) is 0 Å². The molecule has 62 valence electrons. The van der Waals surface area contributed by atoms with E-state index in [-0.39, 0.29) is 0 Å². The van der Waals surface area contributed by atoms with Crippen molar-refractivity contribution in [2.45, 2.75) is 6.92 Å². The summed E-state index contributed by atoms with van der Waals surface area (Å²) in [5, 5.41) is 8.34. The molecule has 0 aromatic carbocycles. The first kappa shape index (κ1) is 7.83. The quantitative estimate of drug-likeness (QED) is 0.667. The maximum absolute atomic E-state index is 5.99. The lowest BCUT2D eigenvalue weighted by Gasteiger charge is -1.99. The number of fused-ring (bicyclic) bond motifs is 1. The summed E-state index contributed by atoms with van der Waals surface area (Å²) in [5.74, 6) is 0. The third-order valence-corrected chi connectivity index (χ3v) is 2.56. The molecule has 0 amide bonds. The monoisotopic (exact) mass is 201 g/mol. The first-order valence-electron chi connectivity index (χ1n) is 3.35. The molecule has 2 aromatic heterocycles. The lowest BCUT2D eigenvalue weighted by Crippen LogP contribution is -1.84. The zero-order valence-electron chi connectivity index (χ0n) is 6.23. The zero-order chi connectivity index (χ0) is 8.72. The van der Waals surface area contributed by atoms with Gasteiger partial charge in [-0.2, -0.15) is 5.10 Å². The minimum Gasteiger partial charge on any atom is -0.261 e. The van der Waals surface area contributed by atoms with Gasteiger partial charge in [0.15, 0.2) is 5.65 Å². The van der Waals surface area contributed by atoms with Crippen molar-refractivity contribution in [3.8, 4) is 0 Å². The Hall–Kier alpha value is -0.800. The molecule has 0 saturated carbocycles. The van der Waals surface area contributed by atoms with Crippen molar-refractivity contribution in [2.75, 3.05) is 0 Å². The summed E-state index contributed by atoms with van der Waals surface area (Å²) in [5.41, 5.74) is 1.41. The van der Waals surface area contributed by atoms with Crippen LogP contribution in [0.25, 0.3) is 11.0 Å². The number of halogens is 2. The van der Waals surface area contributed by atoms with Crippen LogP contribution < -0.4 is 0 Å². The van der Waals surface area contributed by atoms with Gasteiger partial charge in [-0.15, -0.1) is 0 Å². The summed E-state index contributed by atoms with van der Waals surface area (Å²) in [6.45, 7) is 1.82. The van der Waals surface area contributed by atoms with Crippen molar-refractivity contribution < 1.29 is 0 Å². The summed E-state index contributed by atoms with van der Waals surface area (Å²) >= 11 is 11.8. The number of rotatable bonds is 0. The van der Waals surface area contributed by atoms with Gasteiger partial charge in [-0.1, -0.05) is 23.2 Å². The number of nitrogens with one attached hydrogen (secondary N) is 1. The molecule has 0 spiro atoms.